The fraction of sp³-hybridized carbons (Fsp3) is 0.160. The number of fused-ring (bicyclic) bond motifs is 1. The Morgan fingerprint density at radius 2 is 1.94 bits per heavy atom. The van der Waals surface area contributed by atoms with Crippen molar-refractivity contribution in [2.24, 2.45) is 5.10 Å². The predicted octanol–water partition coefficient (Wildman–Crippen LogP) is 6.18. The maximum atomic E-state index is 13.1. The van der Waals surface area contributed by atoms with Crippen LogP contribution in [-0.4, -0.2) is 15.9 Å². The van der Waals surface area contributed by atoms with E-state index in [0.717, 1.165) is 31.3 Å². The largest absolute Gasteiger partial charge is 0.488 e. The van der Waals surface area contributed by atoms with Crippen LogP contribution in [0.3, 0.4) is 0 Å². The van der Waals surface area contributed by atoms with Crippen molar-refractivity contribution < 1.29 is 4.74 Å². The Bertz CT molecular complexity index is 1340. The van der Waals surface area contributed by atoms with Crippen LogP contribution >= 0.6 is 38.5 Å². The molecule has 7 heteroatoms. The van der Waals surface area contributed by atoms with Gasteiger partial charge in [-0.3, -0.25) is 4.79 Å². The van der Waals surface area contributed by atoms with E-state index in [9.17, 15) is 4.79 Å². The molecule has 0 spiro atoms. The number of aryl methyl sites for hydroxylation is 1. The number of halogens is 2. The molecule has 0 saturated heterocycles. The molecule has 0 amide bonds. The van der Waals surface area contributed by atoms with Crippen LogP contribution in [0.5, 0.6) is 5.75 Å². The lowest BCUT2D eigenvalue weighted by Crippen LogP contribution is -2.22. The molecular formula is C25H21BrIN3O2. The van der Waals surface area contributed by atoms with E-state index in [1.54, 1.807) is 12.3 Å². The molecule has 0 atom stereocenters. The Morgan fingerprint density at radius 1 is 1.12 bits per heavy atom. The minimum atomic E-state index is -0.173. The van der Waals surface area contributed by atoms with Crippen molar-refractivity contribution in [1.82, 2.24) is 9.66 Å². The zero-order valence-corrected chi connectivity index (χ0v) is 21.2. The minimum Gasteiger partial charge on any atom is -0.488 e. The summed E-state index contributed by atoms with van der Waals surface area (Å²) in [7, 11) is 0. The van der Waals surface area contributed by atoms with Crippen LogP contribution in [0.25, 0.3) is 10.9 Å². The summed E-state index contributed by atoms with van der Waals surface area (Å²) in [6.45, 7) is 2.57. The Balaban J connectivity index is 1.61. The second-order valence-electron chi connectivity index (χ2n) is 7.27. The second-order valence-corrected chi connectivity index (χ2v) is 9.34. The summed E-state index contributed by atoms with van der Waals surface area (Å²) in [6.07, 6.45) is 3.23. The standard InChI is InChI=1S/C25H21BrIN3O2/c1-2-6-24-29-22-11-10-19(26)14-20(22)25(31)30(24)28-15-18-9-12-23(21(27)13-18)32-16-17-7-4-3-5-8-17/h3-5,7-15H,2,6,16H2,1H3. The molecule has 0 radical (unpaired) electrons. The zero-order chi connectivity index (χ0) is 22.5. The average molecular weight is 602 g/mol. The molecule has 0 bridgehead atoms. The van der Waals surface area contributed by atoms with E-state index in [1.165, 1.54) is 4.68 Å². The van der Waals surface area contributed by atoms with Crippen LogP contribution in [-0.2, 0) is 13.0 Å². The first-order valence-electron chi connectivity index (χ1n) is 10.3. The van der Waals surface area contributed by atoms with Gasteiger partial charge in [-0.1, -0.05) is 53.2 Å². The van der Waals surface area contributed by atoms with E-state index in [-0.39, 0.29) is 5.56 Å². The number of nitrogens with zero attached hydrogens (tertiary/aromatic N) is 3. The number of hydrogen-bond donors (Lipinski definition) is 0. The Morgan fingerprint density at radius 3 is 2.69 bits per heavy atom. The van der Waals surface area contributed by atoms with Gasteiger partial charge in [-0.15, -0.1) is 0 Å². The molecule has 0 saturated carbocycles. The summed E-state index contributed by atoms with van der Waals surface area (Å²) in [6, 6.07) is 21.4. The van der Waals surface area contributed by atoms with Gasteiger partial charge < -0.3 is 4.74 Å². The topological polar surface area (TPSA) is 56.5 Å². The summed E-state index contributed by atoms with van der Waals surface area (Å²) >= 11 is 5.68. The van der Waals surface area contributed by atoms with Crippen molar-refractivity contribution in [3.63, 3.8) is 0 Å². The Labute approximate surface area is 208 Å². The third kappa shape index (κ3) is 5.27. The molecule has 5 nitrogen and oxygen atoms in total. The number of rotatable bonds is 7. The quantitative estimate of drug-likeness (QED) is 0.188. The van der Waals surface area contributed by atoms with Crippen LogP contribution in [0, 0.1) is 3.57 Å². The molecule has 1 aromatic heterocycles. The maximum Gasteiger partial charge on any atom is 0.282 e. The molecule has 3 aromatic carbocycles. The molecule has 0 aliphatic heterocycles. The molecular weight excluding hydrogens is 581 g/mol. The maximum absolute atomic E-state index is 13.1. The highest BCUT2D eigenvalue weighted by molar-refractivity contribution is 14.1. The third-order valence-electron chi connectivity index (χ3n) is 4.86. The summed E-state index contributed by atoms with van der Waals surface area (Å²) < 4.78 is 9.17. The number of aromatic nitrogens is 2. The predicted molar refractivity (Wildman–Crippen MR) is 141 cm³/mol. The van der Waals surface area contributed by atoms with E-state index >= 15 is 0 Å². The molecule has 0 fully saturated rings. The Hall–Kier alpha value is -2.52. The molecule has 4 rings (SSSR count). The molecule has 4 aromatic rings. The molecule has 0 N–H and O–H groups in total. The third-order valence-corrected chi connectivity index (χ3v) is 6.20. The van der Waals surface area contributed by atoms with Crippen LogP contribution < -0.4 is 10.3 Å². The second kappa shape index (κ2) is 10.4. The smallest absolute Gasteiger partial charge is 0.282 e. The molecule has 0 unspecified atom stereocenters. The van der Waals surface area contributed by atoms with E-state index in [4.69, 9.17) is 4.74 Å². The molecule has 1 heterocycles. The van der Waals surface area contributed by atoms with Gasteiger partial charge in [-0.25, -0.2) is 4.98 Å². The molecule has 0 aliphatic rings. The van der Waals surface area contributed by atoms with E-state index in [1.807, 2.05) is 60.7 Å². The van der Waals surface area contributed by atoms with Gasteiger partial charge in [0.1, 0.15) is 18.2 Å². The van der Waals surface area contributed by atoms with Gasteiger partial charge in [0.15, 0.2) is 0 Å². The lowest BCUT2D eigenvalue weighted by molar-refractivity contribution is 0.304. The van der Waals surface area contributed by atoms with Gasteiger partial charge in [0.2, 0.25) is 0 Å². The minimum absolute atomic E-state index is 0.173. The van der Waals surface area contributed by atoms with Crippen molar-refractivity contribution in [3.05, 3.63) is 102 Å². The monoisotopic (exact) mass is 601 g/mol. The average Bonchev–Trinajstić information content (AvgIpc) is 2.80. The molecule has 32 heavy (non-hydrogen) atoms. The summed E-state index contributed by atoms with van der Waals surface area (Å²) in [5.41, 5.74) is 2.51. The van der Waals surface area contributed by atoms with E-state index < -0.39 is 0 Å². The summed E-state index contributed by atoms with van der Waals surface area (Å²) in [5.74, 6) is 1.47. The van der Waals surface area contributed by atoms with Gasteiger partial charge in [0.25, 0.3) is 5.56 Å². The van der Waals surface area contributed by atoms with E-state index in [2.05, 4.69) is 55.5 Å². The van der Waals surface area contributed by atoms with Crippen LogP contribution in [0.1, 0.15) is 30.3 Å². The summed E-state index contributed by atoms with van der Waals surface area (Å²) in [5, 5.41) is 5.03. The highest BCUT2D eigenvalue weighted by atomic mass is 127. The van der Waals surface area contributed by atoms with Crippen molar-refractivity contribution in [2.45, 2.75) is 26.4 Å². The van der Waals surface area contributed by atoms with E-state index in [0.29, 0.717) is 29.8 Å². The fourth-order valence-electron chi connectivity index (χ4n) is 3.27. The SMILES string of the molecule is CCCc1nc2ccc(Br)cc2c(=O)n1N=Cc1ccc(OCc2ccccc2)c(I)c1. The van der Waals surface area contributed by atoms with Crippen molar-refractivity contribution >= 4 is 55.6 Å². The van der Waals surface area contributed by atoms with Gasteiger partial charge in [-0.2, -0.15) is 9.78 Å². The van der Waals surface area contributed by atoms with Crippen LogP contribution in [0.15, 0.2) is 81.1 Å². The van der Waals surface area contributed by atoms with Crippen molar-refractivity contribution in [1.29, 1.82) is 0 Å². The highest BCUT2D eigenvalue weighted by Gasteiger charge is 2.10. The lowest BCUT2D eigenvalue weighted by atomic mass is 10.2. The molecule has 0 aliphatic carbocycles. The highest BCUT2D eigenvalue weighted by Crippen LogP contribution is 2.23. The first-order valence-corrected chi connectivity index (χ1v) is 12.1. The fourth-order valence-corrected chi connectivity index (χ4v) is 4.33. The van der Waals surface area contributed by atoms with Gasteiger partial charge in [-0.05, 0) is 76.5 Å². The van der Waals surface area contributed by atoms with Gasteiger partial charge in [0, 0.05) is 10.9 Å². The number of benzene rings is 3. The normalized spacial score (nSPS) is 11.3. The van der Waals surface area contributed by atoms with Crippen molar-refractivity contribution in [3.8, 4) is 5.75 Å². The van der Waals surface area contributed by atoms with Crippen LogP contribution in [0.4, 0.5) is 0 Å². The first-order chi connectivity index (χ1) is 15.5. The van der Waals surface area contributed by atoms with Gasteiger partial charge in [0.05, 0.1) is 20.7 Å². The number of hydrogen-bond acceptors (Lipinski definition) is 4. The summed E-state index contributed by atoms with van der Waals surface area (Å²) in [4.78, 5) is 17.8. The van der Waals surface area contributed by atoms with Crippen molar-refractivity contribution in [2.75, 3.05) is 0 Å². The van der Waals surface area contributed by atoms with Crippen LogP contribution in [0.2, 0.25) is 0 Å². The van der Waals surface area contributed by atoms with Gasteiger partial charge >= 0.3 is 0 Å². The lowest BCUT2D eigenvalue weighted by Gasteiger charge is -2.10. The zero-order valence-electron chi connectivity index (χ0n) is 17.5. The number of ether oxygens (including phenoxy) is 1. The first kappa shape index (κ1) is 22.7. The molecule has 162 valence electrons. The Kier molecular flexibility index (Phi) is 7.36.